The van der Waals surface area contributed by atoms with Gasteiger partial charge in [0, 0.05) is 12.6 Å². The molecular formula is C11H14Cl2N4O. The second-order valence-corrected chi connectivity index (χ2v) is 4.86. The molecule has 0 bridgehead atoms. The molecule has 2 aromatic heterocycles. The quantitative estimate of drug-likeness (QED) is 0.861. The first-order valence-corrected chi connectivity index (χ1v) is 6.11. The van der Waals surface area contributed by atoms with Crippen molar-refractivity contribution in [3.8, 4) is 0 Å². The molecule has 7 heteroatoms. The molecule has 1 aliphatic rings. The van der Waals surface area contributed by atoms with Crippen LogP contribution in [0.2, 0.25) is 5.15 Å². The molecule has 2 heterocycles. The van der Waals surface area contributed by atoms with Crippen molar-refractivity contribution in [2.24, 2.45) is 5.92 Å². The summed E-state index contributed by atoms with van der Waals surface area (Å²) in [5, 5.41) is 9.56. The first-order chi connectivity index (χ1) is 8.29. The molecule has 0 unspecified atom stereocenters. The molecular weight excluding hydrogens is 275 g/mol. The van der Waals surface area contributed by atoms with Crippen LogP contribution in [-0.4, -0.2) is 31.2 Å². The van der Waals surface area contributed by atoms with E-state index < -0.39 is 0 Å². The van der Waals surface area contributed by atoms with Crippen molar-refractivity contribution in [1.82, 2.24) is 19.5 Å². The van der Waals surface area contributed by atoms with E-state index >= 15 is 0 Å². The van der Waals surface area contributed by atoms with Gasteiger partial charge < -0.3 is 9.67 Å². The van der Waals surface area contributed by atoms with Gasteiger partial charge in [-0.05, 0) is 25.2 Å². The molecule has 1 fully saturated rings. The smallest absolute Gasteiger partial charge is 0.165 e. The molecule has 0 radical (unpaired) electrons. The van der Waals surface area contributed by atoms with Crippen molar-refractivity contribution in [3.05, 3.63) is 17.8 Å². The van der Waals surface area contributed by atoms with E-state index in [9.17, 15) is 0 Å². The van der Waals surface area contributed by atoms with Gasteiger partial charge >= 0.3 is 0 Å². The molecule has 0 saturated heterocycles. The maximum atomic E-state index is 9.17. The molecule has 0 amide bonds. The van der Waals surface area contributed by atoms with Crippen molar-refractivity contribution in [3.63, 3.8) is 0 Å². The first-order valence-electron chi connectivity index (χ1n) is 5.73. The summed E-state index contributed by atoms with van der Waals surface area (Å²) >= 11 is 5.97. The van der Waals surface area contributed by atoms with Crippen LogP contribution < -0.4 is 0 Å². The van der Waals surface area contributed by atoms with E-state index in [1.807, 2.05) is 0 Å². The topological polar surface area (TPSA) is 63.8 Å². The fourth-order valence-corrected chi connectivity index (χ4v) is 2.73. The van der Waals surface area contributed by atoms with E-state index in [0.29, 0.717) is 22.6 Å². The van der Waals surface area contributed by atoms with Crippen LogP contribution in [0.25, 0.3) is 11.2 Å². The molecule has 0 spiro atoms. The summed E-state index contributed by atoms with van der Waals surface area (Å²) in [5.74, 6) is 0.398. The van der Waals surface area contributed by atoms with E-state index in [2.05, 4.69) is 19.5 Å². The number of aliphatic hydroxyl groups excluding tert-OH is 1. The normalized spacial score (nSPS) is 23.2. The van der Waals surface area contributed by atoms with Gasteiger partial charge in [-0.2, -0.15) is 0 Å². The van der Waals surface area contributed by atoms with Crippen LogP contribution in [0.5, 0.6) is 0 Å². The first kappa shape index (κ1) is 13.5. The highest BCUT2D eigenvalue weighted by atomic mass is 35.5. The predicted molar refractivity (Wildman–Crippen MR) is 71.0 cm³/mol. The Morgan fingerprint density at radius 2 is 2.17 bits per heavy atom. The number of hydrogen-bond acceptors (Lipinski definition) is 4. The monoisotopic (exact) mass is 288 g/mol. The fraction of sp³-hybridized carbons (Fsp3) is 0.545. The Bertz CT molecular complexity index is 545. The van der Waals surface area contributed by atoms with Crippen LogP contribution in [0.4, 0.5) is 0 Å². The minimum atomic E-state index is 0. The van der Waals surface area contributed by atoms with Gasteiger partial charge in [-0.25, -0.2) is 15.0 Å². The molecule has 0 aromatic carbocycles. The summed E-state index contributed by atoms with van der Waals surface area (Å²) in [6, 6.07) is 0.364. The van der Waals surface area contributed by atoms with E-state index in [0.717, 1.165) is 24.9 Å². The zero-order chi connectivity index (χ0) is 11.8. The molecule has 1 saturated carbocycles. The van der Waals surface area contributed by atoms with Crippen molar-refractivity contribution < 1.29 is 5.11 Å². The second-order valence-electron chi connectivity index (χ2n) is 4.50. The van der Waals surface area contributed by atoms with Gasteiger partial charge in [0.25, 0.3) is 0 Å². The van der Waals surface area contributed by atoms with Gasteiger partial charge in [0.15, 0.2) is 10.8 Å². The fourth-order valence-electron chi connectivity index (χ4n) is 2.56. The average Bonchev–Trinajstić information content (AvgIpc) is 2.94. The molecule has 5 nitrogen and oxygen atoms in total. The lowest BCUT2D eigenvalue weighted by Gasteiger charge is -2.12. The third-order valence-corrected chi connectivity index (χ3v) is 3.76. The van der Waals surface area contributed by atoms with Crippen LogP contribution in [0.3, 0.4) is 0 Å². The highest BCUT2D eigenvalue weighted by Crippen LogP contribution is 2.35. The SMILES string of the molecule is Cl.OC[C@@H]1CC[C@H](n2cnc3c(Cl)ncnc32)C1. The predicted octanol–water partition coefficient (Wildman–Crippen LogP) is 2.23. The summed E-state index contributed by atoms with van der Waals surface area (Å²) in [5.41, 5.74) is 1.44. The summed E-state index contributed by atoms with van der Waals surface area (Å²) in [4.78, 5) is 12.4. The number of aliphatic hydroxyl groups is 1. The van der Waals surface area contributed by atoms with E-state index in [1.54, 1.807) is 6.33 Å². The number of hydrogen-bond donors (Lipinski definition) is 1. The second kappa shape index (κ2) is 5.38. The number of nitrogens with zero attached hydrogens (tertiary/aromatic N) is 4. The van der Waals surface area contributed by atoms with E-state index in [1.165, 1.54) is 6.33 Å². The summed E-state index contributed by atoms with van der Waals surface area (Å²) in [6.07, 6.45) is 6.32. The highest BCUT2D eigenvalue weighted by Gasteiger charge is 2.26. The zero-order valence-corrected chi connectivity index (χ0v) is 11.2. The lowest BCUT2D eigenvalue weighted by molar-refractivity contribution is 0.226. The molecule has 98 valence electrons. The largest absolute Gasteiger partial charge is 0.396 e. The molecule has 2 aromatic rings. The van der Waals surface area contributed by atoms with Crippen molar-refractivity contribution in [1.29, 1.82) is 0 Å². The summed E-state index contributed by atoms with van der Waals surface area (Å²) in [6.45, 7) is 0.263. The number of rotatable bonds is 2. The minimum absolute atomic E-state index is 0. The van der Waals surface area contributed by atoms with Crippen LogP contribution in [0.1, 0.15) is 25.3 Å². The summed E-state index contributed by atoms with van der Waals surface area (Å²) < 4.78 is 2.05. The van der Waals surface area contributed by atoms with Gasteiger partial charge in [0.2, 0.25) is 0 Å². The number of fused-ring (bicyclic) bond motifs is 1. The third-order valence-electron chi connectivity index (χ3n) is 3.48. The van der Waals surface area contributed by atoms with Crippen LogP contribution in [-0.2, 0) is 0 Å². The number of aromatic nitrogens is 4. The van der Waals surface area contributed by atoms with Gasteiger partial charge in [0.05, 0.1) is 6.33 Å². The Morgan fingerprint density at radius 3 is 2.89 bits per heavy atom. The highest BCUT2D eigenvalue weighted by molar-refractivity contribution is 6.33. The van der Waals surface area contributed by atoms with Crippen molar-refractivity contribution >= 4 is 35.2 Å². The van der Waals surface area contributed by atoms with Gasteiger partial charge in [0.1, 0.15) is 11.8 Å². The molecule has 0 aliphatic heterocycles. The van der Waals surface area contributed by atoms with Crippen molar-refractivity contribution in [2.75, 3.05) is 6.61 Å². The standard InChI is InChI=1S/C11H13ClN4O.ClH/c12-10-9-11(14-5-13-10)16(6-15-9)8-2-1-7(3-8)4-17;/h5-8,17H,1-4H2;1H/t7-,8+;/m1./s1. The zero-order valence-electron chi connectivity index (χ0n) is 9.66. The maximum Gasteiger partial charge on any atom is 0.165 e. The average molecular weight is 289 g/mol. The Hall–Kier alpha value is -0.910. The lowest BCUT2D eigenvalue weighted by atomic mass is 10.1. The van der Waals surface area contributed by atoms with Crippen LogP contribution in [0.15, 0.2) is 12.7 Å². The lowest BCUT2D eigenvalue weighted by Crippen LogP contribution is -2.06. The van der Waals surface area contributed by atoms with Crippen LogP contribution >= 0.6 is 24.0 Å². The molecule has 1 N–H and O–H groups in total. The molecule has 18 heavy (non-hydrogen) atoms. The van der Waals surface area contributed by atoms with Gasteiger partial charge in [-0.3, -0.25) is 0 Å². The summed E-state index contributed by atoms with van der Waals surface area (Å²) in [7, 11) is 0. The van der Waals surface area contributed by atoms with E-state index in [-0.39, 0.29) is 19.0 Å². The Labute approximate surface area is 116 Å². The van der Waals surface area contributed by atoms with Gasteiger partial charge in [-0.15, -0.1) is 12.4 Å². The minimum Gasteiger partial charge on any atom is -0.396 e. The Morgan fingerprint density at radius 1 is 1.33 bits per heavy atom. The van der Waals surface area contributed by atoms with Crippen molar-refractivity contribution in [2.45, 2.75) is 25.3 Å². The molecule has 2 atom stereocenters. The number of imidazole rings is 1. The third kappa shape index (κ3) is 2.18. The molecule has 1 aliphatic carbocycles. The van der Waals surface area contributed by atoms with E-state index in [4.69, 9.17) is 16.7 Å². The van der Waals surface area contributed by atoms with Gasteiger partial charge in [-0.1, -0.05) is 11.6 Å². The molecule has 3 rings (SSSR count). The Kier molecular flexibility index (Phi) is 4.04. The Balaban J connectivity index is 0.00000120. The van der Waals surface area contributed by atoms with Crippen LogP contribution in [0, 0.1) is 5.92 Å². The number of halogens is 2. The maximum absolute atomic E-state index is 9.17.